The van der Waals surface area contributed by atoms with Crippen molar-refractivity contribution in [3.05, 3.63) is 209 Å². The molecule has 0 amide bonds. The number of benzene rings is 9. The van der Waals surface area contributed by atoms with Crippen molar-refractivity contribution in [3.8, 4) is 22.3 Å². The first-order chi connectivity index (χ1) is 33.2. The zero-order chi connectivity index (χ0) is 45.3. The Kier molecular flexibility index (Phi) is 7.65. The lowest BCUT2D eigenvalue weighted by Crippen LogP contribution is -2.47. The van der Waals surface area contributed by atoms with E-state index in [0.29, 0.717) is 0 Å². The lowest BCUT2D eigenvalue weighted by molar-refractivity contribution is 0.332. The minimum absolute atomic E-state index is 0.0830. The summed E-state index contributed by atoms with van der Waals surface area (Å²) in [6.07, 6.45) is 2.36. The molecule has 1 N–H and O–H groups in total. The highest BCUT2D eigenvalue weighted by molar-refractivity contribution is 7.26. The normalized spacial score (nSPS) is 16.3. The van der Waals surface area contributed by atoms with Crippen LogP contribution in [0.15, 0.2) is 180 Å². The molecule has 11 aromatic rings. The van der Waals surface area contributed by atoms with E-state index >= 15 is 0 Å². The maximum atomic E-state index is 7.17. The van der Waals surface area contributed by atoms with Gasteiger partial charge in [-0.15, -0.1) is 11.3 Å². The van der Waals surface area contributed by atoms with Gasteiger partial charge in [0.1, 0.15) is 5.58 Å². The van der Waals surface area contributed by atoms with Crippen molar-refractivity contribution in [2.24, 2.45) is 0 Å². The first kappa shape index (κ1) is 38.7. The Morgan fingerprint density at radius 1 is 0.515 bits per heavy atom. The molecule has 0 atom stereocenters. The zero-order valence-electron chi connectivity index (χ0n) is 38.6. The fraction of sp³-hybridized carbons (Fsp3) is 0.143. The quantitative estimate of drug-likeness (QED) is 0.179. The Morgan fingerprint density at radius 2 is 1.19 bits per heavy atom. The van der Waals surface area contributed by atoms with Crippen molar-refractivity contribution in [1.82, 2.24) is 0 Å². The summed E-state index contributed by atoms with van der Waals surface area (Å²) < 4.78 is 9.74. The summed E-state index contributed by atoms with van der Waals surface area (Å²) in [7, 11) is 0.755. The van der Waals surface area contributed by atoms with Crippen LogP contribution in [-0.4, -0.2) is 7.28 Å². The van der Waals surface area contributed by atoms with Crippen LogP contribution in [0.1, 0.15) is 73.9 Å². The fourth-order valence-electron chi connectivity index (χ4n) is 13.3. The molecule has 0 saturated carbocycles. The molecule has 1 spiro atoms. The lowest BCUT2D eigenvalue weighted by Gasteiger charge is -2.48. The van der Waals surface area contributed by atoms with E-state index in [4.69, 9.17) is 4.42 Å². The van der Waals surface area contributed by atoms with Crippen LogP contribution in [0.4, 0.5) is 28.4 Å². The molecule has 9 aromatic carbocycles. The Morgan fingerprint density at radius 3 is 2.00 bits per heavy atom. The van der Waals surface area contributed by atoms with Crippen molar-refractivity contribution >= 4 is 100 Å². The topological polar surface area (TPSA) is 28.4 Å². The molecule has 68 heavy (non-hydrogen) atoms. The van der Waals surface area contributed by atoms with Gasteiger partial charge in [-0.3, -0.25) is 0 Å². The fourth-order valence-corrected chi connectivity index (χ4v) is 14.5. The van der Waals surface area contributed by atoms with Gasteiger partial charge >= 0.3 is 0 Å². The highest BCUT2D eigenvalue weighted by atomic mass is 32.1. The molecule has 15 rings (SSSR count). The van der Waals surface area contributed by atoms with E-state index in [1.54, 1.807) is 0 Å². The highest BCUT2D eigenvalue weighted by Crippen LogP contribution is 2.64. The summed E-state index contributed by atoms with van der Waals surface area (Å²) >= 11 is 1.89. The summed E-state index contributed by atoms with van der Waals surface area (Å²) in [5, 5.41) is 9.01. The third kappa shape index (κ3) is 4.94. The minimum Gasteiger partial charge on any atom is -0.454 e. The van der Waals surface area contributed by atoms with Gasteiger partial charge in [0.05, 0.1) is 27.2 Å². The van der Waals surface area contributed by atoms with Crippen LogP contribution in [-0.2, 0) is 16.2 Å². The van der Waals surface area contributed by atoms with Crippen LogP contribution in [0.5, 0.6) is 0 Å². The number of rotatable bonds is 3. The molecule has 3 nitrogen and oxygen atoms in total. The zero-order valence-corrected chi connectivity index (χ0v) is 39.4. The molecule has 5 heteroatoms. The number of fused-ring (bicyclic) bond motifs is 19. The molecule has 2 aromatic heterocycles. The van der Waals surface area contributed by atoms with Crippen molar-refractivity contribution in [1.29, 1.82) is 0 Å². The Labute approximate surface area is 400 Å². The predicted molar refractivity (Wildman–Crippen MR) is 289 cm³/mol. The second kappa shape index (κ2) is 13.4. The summed E-state index contributed by atoms with van der Waals surface area (Å²) in [6, 6.07) is 66.4. The maximum Gasteiger partial charge on any atom is 0.198 e. The van der Waals surface area contributed by atoms with E-state index in [2.05, 4.69) is 214 Å². The van der Waals surface area contributed by atoms with Gasteiger partial charge in [-0.2, -0.15) is 0 Å². The van der Waals surface area contributed by atoms with Crippen molar-refractivity contribution in [2.45, 2.75) is 56.8 Å². The predicted octanol–water partition coefficient (Wildman–Crippen LogP) is 15.6. The first-order valence-corrected chi connectivity index (χ1v) is 25.1. The second-order valence-electron chi connectivity index (χ2n) is 21.0. The Balaban J connectivity index is 1.03. The molecular weight excluding hydrogens is 844 g/mol. The average Bonchev–Trinajstić information content (AvgIpc) is 4.03. The number of anilines is 5. The van der Waals surface area contributed by atoms with Crippen LogP contribution < -0.4 is 21.1 Å². The standard InChI is InChI=1S/C63H47BN2OS/c1-61(2)32-33-62(3,4)50-34-36(28-31-47(50)61)65-56-41(29-30-42-40-19-8-14-27-54(40)68-60(42)56)43-35-44-39-18-7-13-26-53(39)67-59(44)58-55(43)64-51-24-15-23-49-57(51)66(58)52-25-12-11-22-48(52)63(49)45-20-9-5-16-37(45)38-17-6-10-21-46(38)63/h5-31,34-35,64-65H,32-33H2,1-4H3. The Bertz CT molecular complexity index is 3970. The van der Waals surface area contributed by atoms with E-state index in [1.165, 1.54) is 111 Å². The van der Waals surface area contributed by atoms with Crippen molar-refractivity contribution in [2.75, 3.05) is 10.2 Å². The molecule has 324 valence electrons. The van der Waals surface area contributed by atoms with Gasteiger partial charge in [0.15, 0.2) is 12.9 Å². The average molecular weight is 891 g/mol. The third-order valence-electron chi connectivity index (χ3n) is 16.5. The lowest BCUT2D eigenvalue weighted by atomic mass is 9.54. The van der Waals surface area contributed by atoms with Crippen molar-refractivity contribution in [3.63, 3.8) is 0 Å². The summed E-state index contributed by atoms with van der Waals surface area (Å²) in [5.74, 6) is 0. The SMILES string of the molecule is CC1(C)CCC(C)(C)c2cc(Nc3c(-c4cc5c(oc6ccccc65)c5c4Bc4cccc6c4N5c4ccccc4C64c5ccccc5-c5ccccc54)ccc4c3sc3ccccc34)ccc21. The monoisotopic (exact) mass is 890 g/mol. The molecule has 4 heterocycles. The van der Waals surface area contributed by atoms with Crippen LogP contribution in [0, 0.1) is 0 Å². The number of hydrogen-bond donors (Lipinski definition) is 1. The van der Waals surface area contributed by atoms with Gasteiger partial charge in [0.2, 0.25) is 0 Å². The third-order valence-corrected chi connectivity index (χ3v) is 17.8. The smallest absolute Gasteiger partial charge is 0.198 e. The summed E-state index contributed by atoms with van der Waals surface area (Å²) in [4.78, 5) is 2.60. The Hall–Kier alpha value is -7.34. The van der Waals surface area contributed by atoms with E-state index in [9.17, 15) is 0 Å². The summed E-state index contributed by atoms with van der Waals surface area (Å²) in [5.41, 5.74) is 23.3. The van der Waals surface area contributed by atoms with Crippen molar-refractivity contribution < 1.29 is 4.42 Å². The highest BCUT2D eigenvalue weighted by Gasteiger charge is 2.53. The molecule has 0 saturated heterocycles. The van der Waals surface area contributed by atoms with E-state index < -0.39 is 5.41 Å². The number of nitrogens with one attached hydrogen (secondary N) is 1. The van der Waals surface area contributed by atoms with E-state index in [-0.39, 0.29) is 10.8 Å². The van der Waals surface area contributed by atoms with Gasteiger partial charge in [0.25, 0.3) is 0 Å². The second-order valence-corrected chi connectivity index (χ2v) is 22.1. The summed E-state index contributed by atoms with van der Waals surface area (Å²) in [6.45, 7) is 9.67. The van der Waals surface area contributed by atoms with E-state index in [1.807, 2.05) is 11.3 Å². The van der Waals surface area contributed by atoms with Gasteiger partial charge in [-0.05, 0) is 116 Å². The van der Waals surface area contributed by atoms with Crippen LogP contribution in [0.2, 0.25) is 0 Å². The van der Waals surface area contributed by atoms with Gasteiger partial charge in [0, 0.05) is 43.2 Å². The molecule has 0 unspecified atom stereocenters. The molecule has 0 bridgehead atoms. The number of nitrogens with zero attached hydrogens (tertiary/aromatic N) is 1. The molecule has 0 fully saturated rings. The first-order valence-electron chi connectivity index (χ1n) is 24.3. The number of thiophene rings is 1. The minimum atomic E-state index is -0.490. The van der Waals surface area contributed by atoms with Gasteiger partial charge < -0.3 is 14.6 Å². The van der Waals surface area contributed by atoms with E-state index in [0.717, 1.165) is 46.3 Å². The number of furan rings is 1. The molecule has 4 aliphatic rings. The number of hydrogen-bond acceptors (Lipinski definition) is 4. The molecular formula is C63H47BN2OS. The number of para-hydroxylation sites is 3. The van der Waals surface area contributed by atoms with Crippen LogP contribution >= 0.6 is 11.3 Å². The molecule has 0 radical (unpaired) electrons. The van der Waals surface area contributed by atoms with Gasteiger partial charge in [-0.1, -0.05) is 173 Å². The largest absolute Gasteiger partial charge is 0.454 e. The van der Waals surface area contributed by atoms with Crippen LogP contribution in [0.25, 0.3) is 64.4 Å². The maximum absolute atomic E-state index is 7.17. The van der Waals surface area contributed by atoms with Gasteiger partial charge in [-0.25, -0.2) is 0 Å². The molecule has 2 aliphatic heterocycles. The van der Waals surface area contributed by atoms with Crippen LogP contribution in [0.3, 0.4) is 0 Å². The molecule has 2 aliphatic carbocycles.